The van der Waals surface area contributed by atoms with E-state index in [2.05, 4.69) is 23.6 Å². The van der Waals surface area contributed by atoms with E-state index in [9.17, 15) is 14.4 Å². The monoisotopic (exact) mass is 397 g/mol. The molecule has 0 radical (unpaired) electrons. The first-order chi connectivity index (χ1) is 13.5. The molecule has 2 fully saturated rings. The van der Waals surface area contributed by atoms with Crippen molar-refractivity contribution in [1.29, 1.82) is 0 Å². The first-order valence-corrected chi connectivity index (χ1v) is 10.5. The van der Waals surface area contributed by atoms with Crippen LogP contribution in [0.2, 0.25) is 0 Å². The van der Waals surface area contributed by atoms with Crippen molar-refractivity contribution in [3.63, 3.8) is 0 Å². The fraction of sp³-hybridized carbons (Fsp3) is 0.381. The number of benzene rings is 1. The Hall–Kier alpha value is -2.54. The van der Waals surface area contributed by atoms with E-state index in [0.29, 0.717) is 4.91 Å². The number of aryl methyl sites for hydroxylation is 1. The minimum absolute atomic E-state index is 0.0112. The first kappa shape index (κ1) is 18.8. The molecule has 3 amide bonds. The molecular weight excluding hydrogens is 374 g/mol. The number of amides is 3. The lowest BCUT2D eigenvalue weighted by Crippen LogP contribution is -2.35. The zero-order valence-electron chi connectivity index (χ0n) is 15.8. The molecule has 0 spiro atoms. The number of carbonyl (C=O) groups excluding carboxylic acids is 3. The third-order valence-corrected chi connectivity index (χ3v) is 6.17. The molecular formula is C21H23N3O3S. The van der Waals surface area contributed by atoms with E-state index in [4.69, 9.17) is 0 Å². The summed E-state index contributed by atoms with van der Waals surface area (Å²) in [5.74, 6) is -0.362. The van der Waals surface area contributed by atoms with Gasteiger partial charge >= 0.3 is 0 Å². The topological polar surface area (TPSA) is 80.2 Å². The number of fused-ring (bicyclic) bond motifs is 1. The van der Waals surface area contributed by atoms with Gasteiger partial charge < -0.3 is 9.88 Å². The van der Waals surface area contributed by atoms with Crippen molar-refractivity contribution in [3.8, 4) is 0 Å². The molecule has 28 heavy (non-hydrogen) atoms. The molecule has 7 heteroatoms. The Kier molecular flexibility index (Phi) is 5.26. The molecule has 6 nitrogen and oxygen atoms in total. The number of nitrogens with one attached hydrogen (secondary N) is 2. The summed E-state index contributed by atoms with van der Waals surface area (Å²) in [4.78, 5) is 36.4. The van der Waals surface area contributed by atoms with E-state index < -0.39 is 0 Å². The summed E-state index contributed by atoms with van der Waals surface area (Å²) < 4.78 is 1.96. The second kappa shape index (κ2) is 7.83. The second-order valence-electron chi connectivity index (χ2n) is 7.28. The molecule has 1 aliphatic heterocycles. The number of para-hydroxylation sites is 1. The summed E-state index contributed by atoms with van der Waals surface area (Å²) >= 11 is 0.904. The second-order valence-corrected chi connectivity index (χ2v) is 8.30. The summed E-state index contributed by atoms with van der Waals surface area (Å²) in [6.07, 6.45) is 8.93. The van der Waals surface area contributed by atoms with E-state index in [-0.39, 0.29) is 29.6 Å². The first-order valence-electron chi connectivity index (χ1n) is 9.70. The molecule has 2 heterocycles. The van der Waals surface area contributed by atoms with Gasteiger partial charge in [0.05, 0.1) is 10.4 Å². The van der Waals surface area contributed by atoms with Crippen LogP contribution in [0.5, 0.6) is 0 Å². The number of aromatic nitrogens is 1. The molecule has 1 aliphatic carbocycles. The van der Waals surface area contributed by atoms with Crippen molar-refractivity contribution in [2.45, 2.75) is 51.6 Å². The molecule has 2 aliphatic rings. The molecule has 1 aromatic carbocycles. The van der Waals surface area contributed by atoms with Crippen molar-refractivity contribution >= 4 is 45.8 Å². The van der Waals surface area contributed by atoms with Crippen LogP contribution in [0.3, 0.4) is 0 Å². The van der Waals surface area contributed by atoms with Gasteiger partial charge in [-0.25, -0.2) is 0 Å². The van der Waals surface area contributed by atoms with Crippen LogP contribution in [0.15, 0.2) is 29.3 Å². The number of rotatable bonds is 5. The third-order valence-electron chi connectivity index (χ3n) is 5.36. The predicted octanol–water partition coefficient (Wildman–Crippen LogP) is 3.59. The fourth-order valence-electron chi connectivity index (χ4n) is 4.05. The van der Waals surface area contributed by atoms with Crippen LogP contribution >= 0.6 is 11.8 Å². The van der Waals surface area contributed by atoms with Crippen molar-refractivity contribution in [1.82, 2.24) is 15.2 Å². The van der Waals surface area contributed by atoms with Crippen molar-refractivity contribution in [2.75, 3.05) is 0 Å². The van der Waals surface area contributed by atoms with Crippen LogP contribution in [0, 0.1) is 0 Å². The summed E-state index contributed by atoms with van der Waals surface area (Å²) in [5, 5.41) is 6.04. The number of thioether (sulfide) groups is 1. The average molecular weight is 398 g/mol. The number of imide groups is 1. The molecule has 1 saturated heterocycles. The minimum atomic E-state index is -0.374. The Labute approximate surface area is 167 Å². The van der Waals surface area contributed by atoms with Gasteiger partial charge in [-0.15, -0.1) is 0 Å². The van der Waals surface area contributed by atoms with Gasteiger partial charge in [-0.2, -0.15) is 0 Å². The van der Waals surface area contributed by atoms with Gasteiger partial charge in [0.2, 0.25) is 5.91 Å². The Morgan fingerprint density at radius 3 is 2.79 bits per heavy atom. The highest BCUT2D eigenvalue weighted by atomic mass is 32.2. The highest BCUT2D eigenvalue weighted by Gasteiger charge is 2.26. The van der Waals surface area contributed by atoms with Gasteiger partial charge in [0.25, 0.3) is 11.1 Å². The molecule has 2 N–H and O–H groups in total. The summed E-state index contributed by atoms with van der Waals surface area (Å²) in [6, 6.07) is 6.32. The van der Waals surface area contributed by atoms with Crippen LogP contribution in [-0.4, -0.2) is 27.7 Å². The third kappa shape index (κ3) is 3.71. The summed E-state index contributed by atoms with van der Waals surface area (Å²) in [5.41, 5.74) is 3.00. The maximum absolute atomic E-state index is 12.6. The van der Waals surface area contributed by atoms with Gasteiger partial charge in [-0.3, -0.25) is 19.7 Å². The number of hydrogen-bond donors (Lipinski definition) is 2. The minimum Gasteiger partial charge on any atom is -0.352 e. The molecule has 0 unspecified atom stereocenters. The van der Waals surface area contributed by atoms with Crippen molar-refractivity contribution in [2.24, 2.45) is 0 Å². The number of hydrogen-bond acceptors (Lipinski definition) is 4. The smallest absolute Gasteiger partial charge is 0.290 e. The number of nitrogens with zero attached hydrogens (tertiary/aromatic N) is 1. The van der Waals surface area contributed by atoms with E-state index >= 15 is 0 Å². The van der Waals surface area contributed by atoms with Crippen molar-refractivity contribution < 1.29 is 14.4 Å². The maximum Gasteiger partial charge on any atom is 0.290 e. The largest absolute Gasteiger partial charge is 0.352 e. The van der Waals surface area contributed by atoms with E-state index in [1.807, 2.05) is 22.9 Å². The molecule has 0 atom stereocenters. The zero-order valence-corrected chi connectivity index (χ0v) is 16.6. The highest BCUT2D eigenvalue weighted by Crippen LogP contribution is 2.31. The normalized spacial score (nSPS) is 19.0. The molecule has 0 bridgehead atoms. The van der Waals surface area contributed by atoms with Crippen LogP contribution in [0.4, 0.5) is 4.79 Å². The van der Waals surface area contributed by atoms with Crippen LogP contribution in [0.25, 0.3) is 17.0 Å². The quantitative estimate of drug-likeness (QED) is 0.756. The lowest BCUT2D eigenvalue weighted by atomic mass is 10.1. The lowest BCUT2D eigenvalue weighted by molar-refractivity contribution is -0.122. The van der Waals surface area contributed by atoms with Gasteiger partial charge in [0.1, 0.15) is 6.54 Å². The molecule has 146 valence electrons. The zero-order chi connectivity index (χ0) is 19.7. The Morgan fingerprint density at radius 1 is 1.32 bits per heavy atom. The number of carbonyl (C=O) groups is 3. The Morgan fingerprint density at radius 2 is 2.11 bits per heavy atom. The SMILES string of the molecule is CCc1cccc2c(/C=C3\SC(=O)NC3=O)cn(CC(=O)NC3CCCC3)c12. The Balaban J connectivity index is 1.69. The molecule has 1 aromatic heterocycles. The maximum atomic E-state index is 12.6. The average Bonchev–Trinajstić information content (AvgIpc) is 3.36. The fourth-order valence-corrected chi connectivity index (χ4v) is 4.72. The van der Waals surface area contributed by atoms with Gasteiger partial charge in [-0.1, -0.05) is 38.0 Å². The highest BCUT2D eigenvalue weighted by molar-refractivity contribution is 8.18. The van der Waals surface area contributed by atoms with E-state index in [1.165, 1.54) is 12.8 Å². The standard InChI is InChI=1S/C21H23N3O3S/c1-2-13-6-5-9-16-14(10-17-20(26)23-21(27)28-17)11-24(19(13)16)12-18(25)22-15-7-3-4-8-15/h5-6,9-11,15H,2-4,7-8,12H2,1H3,(H,22,25)(H,23,26,27)/b17-10-. The molecule has 2 aromatic rings. The molecule has 4 rings (SSSR count). The van der Waals surface area contributed by atoms with Crippen LogP contribution < -0.4 is 10.6 Å². The summed E-state index contributed by atoms with van der Waals surface area (Å²) in [7, 11) is 0. The van der Waals surface area contributed by atoms with Gasteiger partial charge in [0, 0.05) is 23.2 Å². The lowest BCUT2D eigenvalue weighted by Gasteiger charge is -2.13. The van der Waals surface area contributed by atoms with Gasteiger partial charge in [0.15, 0.2) is 0 Å². The molecule has 1 saturated carbocycles. The van der Waals surface area contributed by atoms with E-state index in [0.717, 1.165) is 53.1 Å². The summed E-state index contributed by atoms with van der Waals surface area (Å²) in [6.45, 7) is 2.33. The Bertz CT molecular complexity index is 986. The van der Waals surface area contributed by atoms with Crippen LogP contribution in [-0.2, 0) is 22.6 Å². The van der Waals surface area contributed by atoms with Crippen LogP contribution in [0.1, 0.15) is 43.7 Å². The van der Waals surface area contributed by atoms with Crippen molar-refractivity contribution in [3.05, 3.63) is 40.4 Å². The van der Waals surface area contributed by atoms with Gasteiger partial charge in [-0.05, 0) is 42.7 Å². The predicted molar refractivity (Wildman–Crippen MR) is 111 cm³/mol. The van der Waals surface area contributed by atoms with E-state index in [1.54, 1.807) is 6.08 Å².